The molecule has 3 N–H and O–H groups in total. The summed E-state index contributed by atoms with van der Waals surface area (Å²) < 4.78 is 10.6. The van der Waals surface area contributed by atoms with Gasteiger partial charge >= 0.3 is 6.03 Å². The van der Waals surface area contributed by atoms with Crippen LogP contribution in [0.25, 0.3) is 0 Å². The van der Waals surface area contributed by atoms with Crippen LogP contribution in [0.5, 0.6) is 11.5 Å². The molecule has 0 bridgehead atoms. The van der Waals surface area contributed by atoms with E-state index in [1.54, 1.807) is 30.3 Å². The molecule has 8 heteroatoms. The normalized spacial score (nSPS) is 10.0. The van der Waals surface area contributed by atoms with E-state index in [1.165, 1.54) is 7.11 Å². The van der Waals surface area contributed by atoms with Crippen LogP contribution >= 0.6 is 0 Å². The molecule has 2 aromatic carbocycles. The fraction of sp³-hybridized carbons (Fsp3) is 0.286. The minimum absolute atomic E-state index is 0.0518. The fourth-order valence-electron chi connectivity index (χ4n) is 2.39. The summed E-state index contributed by atoms with van der Waals surface area (Å²) in [5.41, 5.74) is 1.98. The zero-order chi connectivity index (χ0) is 21.2. The SMILES string of the molecule is COc1cc(C#N)ccc1OCC(=O)NCc1ccc(NC(=O)NC(C)C)cc1. The van der Waals surface area contributed by atoms with Gasteiger partial charge in [-0.05, 0) is 43.7 Å². The summed E-state index contributed by atoms with van der Waals surface area (Å²) in [6.45, 7) is 3.90. The monoisotopic (exact) mass is 396 g/mol. The molecule has 0 aliphatic heterocycles. The first-order chi connectivity index (χ1) is 13.9. The van der Waals surface area contributed by atoms with Gasteiger partial charge in [-0.1, -0.05) is 12.1 Å². The van der Waals surface area contributed by atoms with E-state index in [1.807, 2.05) is 32.0 Å². The van der Waals surface area contributed by atoms with Crippen LogP contribution in [-0.2, 0) is 11.3 Å². The Kier molecular flexibility index (Phi) is 7.86. The summed E-state index contributed by atoms with van der Waals surface area (Å²) in [6.07, 6.45) is 0. The lowest BCUT2D eigenvalue weighted by Crippen LogP contribution is -2.34. The Hall–Kier alpha value is -3.73. The zero-order valence-electron chi connectivity index (χ0n) is 16.6. The number of carbonyl (C=O) groups excluding carboxylic acids is 2. The Balaban J connectivity index is 1.81. The smallest absolute Gasteiger partial charge is 0.319 e. The molecule has 0 radical (unpaired) electrons. The maximum absolute atomic E-state index is 12.0. The first-order valence-corrected chi connectivity index (χ1v) is 9.05. The highest BCUT2D eigenvalue weighted by Gasteiger charge is 2.09. The van der Waals surface area contributed by atoms with Crippen LogP contribution in [0, 0.1) is 11.3 Å². The number of hydrogen-bond acceptors (Lipinski definition) is 5. The number of nitrogens with zero attached hydrogens (tertiary/aromatic N) is 1. The number of urea groups is 1. The summed E-state index contributed by atoms with van der Waals surface area (Å²) in [5.74, 6) is 0.480. The molecular formula is C21H24N4O4. The summed E-state index contributed by atoms with van der Waals surface area (Å²) in [6, 6.07) is 13.7. The Labute approximate surface area is 169 Å². The Morgan fingerprint density at radius 3 is 2.45 bits per heavy atom. The van der Waals surface area contributed by atoms with Gasteiger partial charge < -0.3 is 25.4 Å². The van der Waals surface area contributed by atoms with Crippen molar-refractivity contribution in [1.29, 1.82) is 5.26 Å². The van der Waals surface area contributed by atoms with Crippen molar-refractivity contribution in [3.05, 3.63) is 53.6 Å². The third-order valence-corrected chi connectivity index (χ3v) is 3.77. The number of ether oxygens (including phenoxy) is 2. The van der Waals surface area contributed by atoms with Gasteiger partial charge in [0.2, 0.25) is 0 Å². The molecule has 0 aliphatic rings. The summed E-state index contributed by atoms with van der Waals surface area (Å²) in [5, 5.41) is 17.1. The number of methoxy groups -OCH3 is 1. The molecule has 29 heavy (non-hydrogen) atoms. The van der Waals surface area contributed by atoms with Crippen molar-refractivity contribution < 1.29 is 19.1 Å². The van der Waals surface area contributed by atoms with E-state index in [0.29, 0.717) is 29.3 Å². The second kappa shape index (κ2) is 10.6. The highest BCUT2D eigenvalue weighted by atomic mass is 16.5. The summed E-state index contributed by atoms with van der Waals surface area (Å²) in [4.78, 5) is 23.7. The predicted octanol–water partition coefficient (Wildman–Crippen LogP) is 2.79. The number of nitriles is 1. The number of hydrogen-bond donors (Lipinski definition) is 3. The van der Waals surface area contributed by atoms with E-state index in [0.717, 1.165) is 5.56 Å². The van der Waals surface area contributed by atoms with Crippen molar-refractivity contribution >= 4 is 17.6 Å². The minimum atomic E-state index is -0.296. The van der Waals surface area contributed by atoms with Crippen molar-refractivity contribution in [3.63, 3.8) is 0 Å². The minimum Gasteiger partial charge on any atom is -0.493 e. The molecule has 0 atom stereocenters. The van der Waals surface area contributed by atoms with Gasteiger partial charge in [0.05, 0.1) is 18.7 Å². The lowest BCUT2D eigenvalue weighted by atomic mass is 10.2. The molecule has 2 aromatic rings. The van der Waals surface area contributed by atoms with Gasteiger partial charge in [-0.2, -0.15) is 5.26 Å². The van der Waals surface area contributed by atoms with Crippen LogP contribution in [0.2, 0.25) is 0 Å². The lowest BCUT2D eigenvalue weighted by molar-refractivity contribution is -0.123. The molecule has 0 aliphatic carbocycles. The summed E-state index contributed by atoms with van der Waals surface area (Å²) in [7, 11) is 1.47. The van der Waals surface area contributed by atoms with Gasteiger partial charge in [-0.25, -0.2) is 4.79 Å². The van der Waals surface area contributed by atoms with Crippen molar-refractivity contribution in [2.24, 2.45) is 0 Å². The molecule has 0 heterocycles. The first-order valence-electron chi connectivity index (χ1n) is 9.05. The average Bonchev–Trinajstić information content (AvgIpc) is 2.70. The molecule has 0 unspecified atom stereocenters. The molecule has 0 saturated carbocycles. The third kappa shape index (κ3) is 7.07. The highest BCUT2D eigenvalue weighted by molar-refractivity contribution is 5.89. The van der Waals surface area contributed by atoms with E-state index in [-0.39, 0.29) is 24.6 Å². The van der Waals surface area contributed by atoms with Crippen molar-refractivity contribution in [2.75, 3.05) is 19.0 Å². The molecule has 2 rings (SSSR count). The topological polar surface area (TPSA) is 112 Å². The predicted molar refractivity (Wildman–Crippen MR) is 109 cm³/mol. The highest BCUT2D eigenvalue weighted by Crippen LogP contribution is 2.27. The van der Waals surface area contributed by atoms with Crippen LogP contribution < -0.4 is 25.4 Å². The standard InChI is InChI=1S/C21H24N4O4/c1-14(2)24-21(27)25-17-7-4-15(5-8-17)12-23-20(26)13-29-18-9-6-16(11-22)10-19(18)28-3/h4-10,14H,12-13H2,1-3H3,(H,23,26)(H2,24,25,27). The molecular weight excluding hydrogens is 372 g/mol. The van der Waals surface area contributed by atoms with E-state index >= 15 is 0 Å². The van der Waals surface area contributed by atoms with Gasteiger partial charge in [0.15, 0.2) is 18.1 Å². The van der Waals surface area contributed by atoms with Crippen LogP contribution in [0.1, 0.15) is 25.0 Å². The third-order valence-electron chi connectivity index (χ3n) is 3.77. The average molecular weight is 396 g/mol. The maximum Gasteiger partial charge on any atom is 0.319 e. The van der Waals surface area contributed by atoms with E-state index < -0.39 is 0 Å². The fourth-order valence-corrected chi connectivity index (χ4v) is 2.39. The zero-order valence-corrected chi connectivity index (χ0v) is 16.6. The lowest BCUT2D eigenvalue weighted by Gasteiger charge is -2.12. The van der Waals surface area contributed by atoms with Crippen molar-refractivity contribution in [2.45, 2.75) is 26.4 Å². The number of nitrogens with one attached hydrogen (secondary N) is 3. The number of anilines is 1. The summed E-state index contributed by atoms with van der Waals surface area (Å²) >= 11 is 0. The largest absolute Gasteiger partial charge is 0.493 e. The van der Waals surface area contributed by atoms with Gasteiger partial charge in [0, 0.05) is 24.3 Å². The molecule has 152 valence electrons. The second-order valence-corrected chi connectivity index (χ2v) is 6.49. The van der Waals surface area contributed by atoms with Crippen LogP contribution in [-0.4, -0.2) is 31.7 Å². The van der Waals surface area contributed by atoms with Crippen LogP contribution in [0.15, 0.2) is 42.5 Å². The number of rotatable bonds is 8. The van der Waals surface area contributed by atoms with Gasteiger partial charge in [-0.3, -0.25) is 4.79 Å². The Morgan fingerprint density at radius 1 is 1.10 bits per heavy atom. The van der Waals surface area contributed by atoms with E-state index in [9.17, 15) is 9.59 Å². The van der Waals surface area contributed by atoms with E-state index in [4.69, 9.17) is 14.7 Å². The number of benzene rings is 2. The first kappa shape index (κ1) is 21.6. The molecule has 8 nitrogen and oxygen atoms in total. The molecule has 0 spiro atoms. The molecule has 0 saturated heterocycles. The number of carbonyl (C=O) groups is 2. The quantitative estimate of drug-likeness (QED) is 0.635. The molecule has 0 aromatic heterocycles. The van der Waals surface area contributed by atoms with Crippen LogP contribution in [0.3, 0.4) is 0 Å². The van der Waals surface area contributed by atoms with Gasteiger partial charge in [0.25, 0.3) is 5.91 Å². The van der Waals surface area contributed by atoms with Gasteiger partial charge in [0.1, 0.15) is 0 Å². The van der Waals surface area contributed by atoms with Crippen molar-refractivity contribution in [1.82, 2.24) is 10.6 Å². The van der Waals surface area contributed by atoms with Crippen molar-refractivity contribution in [3.8, 4) is 17.6 Å². The van der Waals surface area contributed by atoms with E-state index in [2.05, 4.69) is 16.0 Å². The number of amides is 3. The maximum atomic E-state index is 12.0. The molecule has 0 fully saturated rings. The second-order valence-electron chi connectivity index (χ2n) is 6.49. The van der Waals surface area contributed by atoms with Gasteiger partial charge in [-0.15, -0.1) is 0 Å². The Bertz CT molecular complexity index is 889. The van der Waals surface area contributed by atoms with Crippen LogP contribution in [0.4, 0.5) is 10.5 Å². The molecule has 3 amide bonds. The Morgan fingerprint density at radius 2 is 1.83 bits per heavy atom.